The van der Waals surface area contributed by atoms with Crippen molar-refractivity contribution in [2.75, 3.05) is 52.3 Å². The van der Waals surface area contributed by atoms with Gasteiger partial charge in [-0.05, 0) is 57.5 Å². The largest absolute Gasteiger partial charge is 0.379 e. The monoisotopic (exact) mass is 449 g/mol. The number of aromatic nitrogens is 4. The first-order valence-corrected chi connectivity index (χ1v) is 12.2. The van der Waals surface area contributed by atoms with Gasteiger partial charge in [-0.25, -0.2) is 9.97 Å². The lowest BCUT2D eigenvalue weighted by Crippen LogP contribution is -2.38. The highest BCUT2D eigenvalue weighted by Gasteiger charge is 2.23. The van der Waals surface area contributed by atoms with Gasteiger partial charge in [-0.3, -0.25) is 9.58 Å². The molecule has 1 saturated carbocycles. The molecule has 1 N–H and O–H groups in total. The Morgan fingerprint density at radius 3 is 2.64 bits per heavy atom. The van der Waals surface area contributed by atoms with Crippen LogP contribution in [0.2, 0.25) is 0 Å². The topological polar surface area (TPSA) is 71.3 Å². The van der Waals surface area contributed by atoms with E-state index in [1.165, 1.54) is 25.7 Å². The van der Waals surface area contributed by atoms with Crippen molar-refractivity contribution in [3.63, 3.8) is 0 Å². The molecule has 8 nitrogen and oxygen atoms in total. The van der Waals surface area contributed by atoms with Crippen LogP contribution in [-0.2, 0) is 11.3 Å². The smallest absolute Gasteiger partial charge is 0.137 e. The molecule has 0 bridgehead atoms. The highest BCUT2D eigenvalue weighted by atomic mass is 16.5. The van der Waals surface area contributed by atoms with E-state index >= 15 is 0 Å². The molecule has 1 aliphatic heterocycles. The predicted molar refractivity (Wildman–Crippen MR) is 131 cm³/mol. The minimum Gasteiger partial charge on any atom is -0.379 e. The second-order valence-corrected chi connectivity index (χ2v) is 9.51. The quantitative estimate of drug-likeness (QED) is 0.594. The standard InChI is InChI=1S/C25H35N7O/c1-30(2)22-6-4-21(5-7-22)29-25-23-15-19(3-8-24(23)26-18-27-25)20-16-28-32(17-20)10-9-31-11-13-33-14-12-31/h3,8,15-18,21-22H,4-7,9-14H2,1-2H3,(H,26,27,29)/t21-,22-. The van der Waals surface area contributed by atoms with Crippen molar-refractivity contribution in [2.45, 2.75) is 44.3 Å². The molecule has 0 radical (unpaired) electrons. The fourth-order valence-electron chi connectivity index (χ4n) is 4.98. The van der Waals surface area contributed by atoms with Crippen molar-refractivity contribution in [3.05, 3.63) is 36.9 Å². The zero-order chi connectivity index (χ0) is 22.6. The molecule has 2 aromatic heterocycles. The molecule has 3 aromatic rings. The Morgan fingerprint density at radius 1 is 1.03 bits per heavy atom. The molecule has 8 heteroatoms. The molecule has 5 rings (SSSR count). The van der Waals surface area contributed by atoms with Crippen molar-refractivity contribution in [1.82, 2.24) is 29.5 Å². The summed E-state index contributed by atoms with van der Waals surface area (Å²) in [6.07, 6.45) is 10.6. The number of benzene rings is 1. The third-order valence-corrected chi connectivity index (χ3v) is 7.12. The van der Waals surface area contributed by atoms with Crippen LogP contribution in [0.25, 0.3) is 22.0 Å². The van der Waals surface area contributed by atoms with Crippen molar-refractivity contribution in [2.24, 2.45) is 0 Å². The van der Waals surface area contributed by atoms with E-state index in [1.807, 2.05) is 10.9 Å². The normalized spacial score (nSPS) is 22.2. The highest BCUT2D eigenvalue weighted by Crippen LogP contribution is 2.29. The lowest BCUT2D eigenvalue weighted by atomic mass is 9.90. The van der Waals surface area contributed by atoms with Gasteiger partial charge in [0.1, 0.15) is 12.1 Å². The summed E-state index contributed by atoms with van der Waals surface area (Å²) in [5.74, 6) is 0.940. The van der Waals surface area contributed by atoms with Gasteiger partial charge in [-0.1, -0.05) is 6.07 Å². The van der Waals surface area contributed by atoms with Crippen LogP contribution < -0.4 is 5.32 Å². The minimum absolute atomic E-state index is 0.464. The second-order valence-electron chi connectivity index (χ2n) is 9.51. The number of rotatable bonds is 7. The molecule has 1 aromatic carbocycles. The lowest BCUT2D eigenvalue weighted by molar-refractivity contribution is 0.0360. The Hall–Kier alpha value is -2.55. The van der Waals surface area contributed by atoms with Gasteiger partial charge in [0.15, 0.2) is 0 Å². The van der Waals surface area contributed by atoms with Crippen LogP contribution in [0.5, 0.6) is 0 Å². The second kappa shape index (κ2) is 10.2. The van der Waals surface area contributed by atoms with Crippen LogP contribution in [0, 0.1) is 0 Å². The van der Waals surface area contributed by atoms with E-state index < -0.39 is 0 Å². The fraction of sp³-hybridized carbons (Fsp3) is 0.560. The molecular formula is C25H35N7O. The Kier molecular flexibility index (Phi) is 6.85. The van der Waals surface area contributed by atoms with Crippen LogP contribution >= 0.6 is 0 Å². The molecule has 0 amide bonds. The van der Waals surface area contributed by atoms with Crippen LogP contribution in [0.15, 0.2) is 36.9 Å². The maximum absolute atomic E-state index is 5.44. The number of anilines is 1. The van der Waals surface area contributed by atoms with E-state index in [-0.39, 0.29) is 0 Å². The Labute approximate surface area is 195 Å². The number of ether oxygens (including phenoxy) is 1. The Morgan fingerprint density at radius 2 is 1.85 bits per heavy atom. The number of hydrogen-bond donors (Lipinski definition) is 1. The van der Waals surface area contributed by atoms with E-state index in [1.54, 1.807) is 6.33 Å². The summed E-state index contributed by atoms with van der Waals surface area (Å²) in [5, 5.41) is 9.39. The van der Waals surface area contributed by atoms with Gasteiger partial charge >= 0.3 is 0 Å². The molecule has 0 unspecified atom stereocenters. The molecule has 33 heavy (non-hydrogen) atoms. The van der Waals surface area contributed by atoms with Gasteiger partial charge in [0.05, 0.1) is 31.5 Å². The highest BCUT2D eigenvalue weighted by molar-refractivity contribution is 5.92. The first kappa shape index (κ1) is 22.3. The van der Waals surface area contributed by atoms with Crippen molar-refractivity contribution in [3.8, 4) is 11.1 Å². The van der Waals surface area contributed by atoms with E-state index in [0.29, 0.717) is 12.1 Å². The van der Waals surface area contributed by atoms with Crippen LogP contribution in [0.3, 0.4) is 0 Å². The van der Waals surface area contributed by atoms with E-state index in [9.17, 15) is 0 Å². The van der Waals surface area contributed by atoms with E-state index in [2.05, 4.69) is 68.7 Å². The number of fused-ring (bicyclic) bond motifs is 1. The molecule has 2 fully saturated rings. The molecule has 0 atom stereocenters. The molecule has 176 valence electrons. The first-order chi connectivity index (χ1) is 16.2. The van der Waals surface area contributed by atoms with Crippen molar-refractivity contribution in [1.29, 1.82) is 0 Å². The first-order valence-electron chi connectivity index (χ1n) is 12.2. The fourth-order valence-corrected chi connectivity index (χ4v) is 4.98. The number of nitrogens with one attached hydrogen (secondary N) is 1. The van der Waals surface area contributed by atoms with Gasteiger partial charge in [-0.15, -0.1) is 0 Å². The minimum atomic E-state index is 0.464. The maximum atomic E-state index is 5.44. The average molecular weight is 450 g/mol. The van der Waals surface area contributed by atoms with Gasteiger partial charge in [-0.2, -0.15) is 5.10 Å². The van der Waals surface area contributed by atoms with Crippen LogP contribution in [0.4, 0.5) is 5.82 Å². The molecule has 1 aliphatic carbocycles. The maximum Gasteiger partial charge on any atom is 0.137 e. The lowest BCUT2D eigenvalue weighted by Gasteiger charge is -2.33. The molecular weight excluding hydrogens is 414 g/mol. The molecule has 1 saturated heterocycles. The third-order valence-electron chi connectivity index (χ3n) is 7.12. The summed E-state index contributed by atoms with van der Waals surface area (Å²) >= 11 is 0. The van der Waals surface area contributed by atoms with Crippen molar-refractivity contribution >= 4 is 16.7 Å². The van der Waals surface area contributed by atoms with E-state index in [0.717, 1.165) is 67.2 Å². The van der Waals surface area contributed by atoms with Gasteiger partial charge in [0.25, 0.3) is 0 Å². The number of hydrogen-bond acceptors (Lipinski definition) is 7. The Balaban J connectivity index is 1.28. The van der Waals surface area contributed by atoms with Crippen LogP contribution in [-0.4, -0.2) is 88.6 Å². The third kappa shape index (κ3) is 5.34. The zero-order valence-electron chi connectivity index (χ0n) is 19.8. The van der Waals surface area contributed by atoms with Crippen molar-refractivity contribution < 1.29 is 4.74 Å². The summed E-state index contributed by atoms with van der Waals surface area (Å²) < 4.78 is 7.48. The summed E-state index contributed by atoms with van der Waals surface area (Å²) in [6, 6.07) is 7.57. The molecule has 0 spiro atoms. The van der Waals surface area contributed by atoms with Gasteiger partial charge in [0.2, 0.25) is 0 Å². The summed E-state index contributed by atoms with van der Waals surface area (Å²) in [6.45, 7) is 5.56. The summed E-state index contributed by atoms with van der Waals surface area (Å²) in [5.41, 5.74) is 3.24. The summed E-state index contributed by atoms with van der Waals surface area (Å²) in [7, 11) is 4.37. The zero-order valence-corrected chi connectivity index (χ0v) is 19.8. The van der Waals surface area contributed by atoms with E-state index in [4.69, 9.17) is 4.74 Å². The van der Waals surface area contributed by atoms with Gasteiger partial charge in [0, 0.05) is 48.9 Å². The predicted octanol–water partition coefficient (Wildman–Crippen LogP) is 3.11. The SMILES string of the molecule is CN(C)[C@H]1CC[C@H](Nc2ncnc3ccc(-c4cnn(CCN5CCOCC5)c4)cc23)CC1. The van der Waals surface area contributed by atoms with Gasteiger partial charge < -0.3 is 15.0 Å². The number of nitrogens with zero attached hydrogens (tertiary/aromatic N) is 6. The molecule has 2 aliphatic rings. The van der Waals surface area contributed by atoms with Crippen LogP contribution in [0.1, 0.15) is 25.7 Å². The molecule has 3 heterocycles. The number of morpholine rings is 1. The summed E-state index contributed by atoms with van der Waals surface area (Å²) in [4.78, 5) is 13.9. The Bertz CT molecular complexity index is 1050. The average Bonchev–Trinajstić information content (AvgIpc) is 3.33.